The van der Waals surface area contributed by atoms with Crippen molar-refractivity contribution in [1.82, 2.24) is 0 Å². The van der Waals surface area contributed by atoms with E-state index in [4.69, 9.17) is 14.9 Å². The summed E-state index contributed by atoms with van der Waals surface area (Å²) in [4.78, 5) is 11.7. The van der Waals surface area contributed by atoms with Crippen molar-refractivity contribution in [3.8, 4) is 0 Å². The van der Waals surface area contributed by atoms with Crippen LogP contribution in [0.15, 0.2) is 30.3 Å². The molecule has 0 radical (unpaired) electrons. The Kier molecular flexibility index (Phi) is 6.56. The van der Waals surface area contributed by atoms with E-state index in [1.54, 1.807) is 18.2 Å². The molecule has 0 spiro atoms. The summed E-state index contributed by atoms with van der Waals surface area (Å²) < 4.78 is 4.87. The first-order valence-electron chi connectivity index (χ1n) is 6.03. The van der Waals surface area contributed by atoms with Crippen LogP contribution in [-0.2, 0) is 4.74 Å². The Morgan fingerprint density at radius 2 is 1.60 bits per heavy atom. The molecule has 5 N–H and O–H groups in total. The first-order chi connectivity index (χ1) is 9.51. The lowest BCUT2D eigenvalue weighted by Gasteiger charge is -2.27. The quantitative estimate of drug-likeness (QED) is 0.377. The summed E-state index contributed by atoms with van der Waals surface area (Å²) in [6.07, 6.45) is -6.50. The average molecular weight is 286 g/mol. The number of hydrogen-bond acceptors (Lipinski definition) is 7. The van der Waals surface area contributed by atoms with Crippen LogP contribution >= 0.6 is 0 Å². The van der Waals surface area contributed by atoms with Gasteiger partial charge in [-0.3, -0.25) is 0 Å². The van der Waals surface area contributed by atoms with Crippen LogP contribution in [0.3, 0.4) is 0 Å². The van der Waals surface area contributed by atoms with E-state index in [0.717, 1.165) is 0 Å². The van der Waals surface area contributed by atoms with Gasteiger partial charge in [-0.15, -0.1) is 0 Å². The number of hydrogen-bond donors (Lipinski definition) is 5. The van der Waals surface area contributed by atoms with Gasteiger partial charge in [0.1, 0.15) is 18.3 Å². The molecule has 0 bridgehead atoms. The molecule has 0 fully saturated rings. The molecule has 0 aliphatic rings. The smallest absolute Gasteiger partial charge is 0.338 e. The first-order valence-corrected chi connectivity index (χ1v) is 6.03. The van der Waals surface area contributed by atoms with Crippen molar-refractivity contribution in [1.29, 1.82) is 0 Å². The van der Waals surface area contributed by atoms with E-state index in [2.05, 4.69) is 0 Å². The van der Waals surface area contributed by atoms with E-state index in [9.17, 15) is 20.1 Å². The molecule has 20 heavy (non-hydrogen) atoms. The second-order valence-corrected chi connectivity index (χ2v) is 4.22. The number of carbonyl (C=O) groups is 1. The topological polar surface area (TPSA) is 127 Å². The van der Waals surface area contributed by atoms with Gasteiger partial charge in [-0.1, -0.05) is 18.2 Å². The largest absolute Gasteiger partial charge is 0.453 e. The maximum atomic E-state index is 11.7. The summed E-state index contributed by atoms with van der Waals surface area (Å²) in [5.74, 6) is -0.783. The third-order valence-electron chi connectivity index (χ3n) is 2.76. The average Bonchev–Trinajstić information content (AvgIpc) is 2.50. The fourth-order valence-electron chi connectivity index (χ4n) is 1.55. The molecule has 0 unspecified atom stereocenters. The van der Waals surface area contributed by atoms with Crippen molar-refractivity contribution in [3.05, 3.63) is 35.9 Å². The Bertz CT molecular complexity index is 408. The highest BCUT2D eigenvalue weighted by Crippen LogP contribution is 2.11. The van der Waals surface area contributed by atoms with Gasteiger partial charge in [0.25, 0.3) is 0 Å². The van der Waals surface area contributed by atoms with Gasteiger partial charge in [-0.2, -0.15) is 0 Å². The Labute approximate surface area is 115 Å². The monoisotopic (exact) mass is 286 g/mol. The minimum atomic E-state index is -1.75. The lowest BCUT2D eigenvalue weighted by molar-refractivity contribution is -0.126. The Hall–Kier alpha value is -1.51. The van der Waals surface area contributed by atoms with Gasteiger partial charge in [0, 0.05) is 0 Å². The summed E-state index contributed by atoms with van der Waals surface area (Å²) in [5.41, 5.74) is 0.218. The summed E-state index contributed by atoms with van der Waals surface area (Å²) in [6, 6.07) is 7.91. The van der Waals surface area contributed by atoms with Crippen LogP contribution in [0.2, 0.25) is 0 Å². The molecule has 0 aromatic heterocycles. The second kappa shape index (κ2) is 7.93. The first kappa shape index (κ1) is 16.5. The van der Waals surface area contributed by atoms with E-state index in [1.165, 1.54) is 12.1 Å². The fourth-order valence-corrected chi connectivity index (χ4v) is 1.55. The van der Waals surface area contributed by atoms with Gasteiger partial charge in [0.2, 0.25) is 0 Å². The highest BCUT2D eigenvalue weighted by Gasteiger charge is 2.33. The van der Waals surface area contributed by atoms with Gasteiger partial charge in [-0.05, 0) is 12.1 Å². The molecule has 0 heterocycles. The molecular weight excluding hydrogens is 268 g/mol. The molecule has 0 amide bonds. The van der Waals surface area contributed by atoms with Gasteiger partial charge >= 0.3 is 5.97 Å². The van der Waals surface area contributed by atoms with E-state index in [1.807, 2.05) is 0 Å². The molecule has 1 aromatic carbocycles. The third-order valence-corrected chi connectivity index (χ3v) is 2.76. The van der Waals surface area contributed by atoms with Crippen LogP contribution in [0, 0.1) is 0 Å². The van der Waals surface area contributed by atoms with Gasteiger partial charge < -0.3 is 30.3 Å². The molecule has 0 aliphatic carbocycles. The van der Waals surface area contributed by atoms with E-state index < -0.39 is 43.6 Å². The van der Waals surface area contributed by atoms with E-state index >= 15 is 0 Å². The zero-order valence-electron chi connectivity index (χ0n) is 10.7. The molecule has 1 aromatic rings. The molecular formula is C13H18O7. The van der Waals surface area contributed by atoms with Crippen LogP contribution in [0.4, 0.5) is 0 Å². The molecule has 7 heteroatoms. The summed E-state index contributed by atoms with van der Waals surface area (Å²) in [6.45, 7) is -1.52. The summed E-state index contributed by atoms with van der Waals surface area (Å²) >= 11 is 0. The number of aliphatic hydroxyl groups excluding tert-OH is 5. The second-order valence-electron chi connectivity index (χ2n) is 4.22. The van der Waals surface area contributed by atoms with Crippen molar-refractivity contribution in [2.24, 2.45) is 0 Å². The number of aliphatic hydroxyl groups is 5. The third kappa shape index (κ3) is 4.26. The fraction of sp³-hybridized carbons (Fsp3) is 0.462. The highest BCUT2D eigenvalue weighted by molar-refractivity contribution is 5.89. The van der Waals surface area contributed by atoms with Crippen molar-refractivity contribution in [2.75, 3.05) is 13.2 Å². The summed E-state index contributed by atoms with van der Waals surface area (Å²) in [7, 11) is 0. The lowest BCUT2D eigenvalue weighted by atomic mass is 10.0. The van der Waals surface area contributed by atoms with Crippen molar-refractivity contribution in [3.63, 3.8) is 0 Å². The predicted molar refractivity (Wildman–Crippen MR) is 67.8 cm³/mol. The number of ether oxygens (including phenoxy) is 1. The van der Waals surface area contributed by atoms with Crippen LogP contribution < -0.4 is 0 Å². The number of benzene rings is 1. The number of rotatable bonds is 7. The van der Waals surface area contributed by atoms with Crippen LogP contribution in [-0.4, -0.2) is 69.1 Å². The molecule has 4 atom stereocenters. The summed E-state index contributed by atoms with van der Waals surface area (Å²) in [5, 5.41) is 46.2. The Morgan fingerprint density at radius 3 is 2.10 bits per heavy atom. The molecule has 0 saturated carbocycles. The SMILES string of the molecule is O=C(O[C@H](CO)[C@@H](O)[C@H](O)[C@H](O)CO)c1ccccc1. The minimum Gasteiger partial charge on any atom is -0.453 e. The zero-order chi connectivity index (χ0) is 15.1. The molecule has 1 rings (SSSR count). The maximum Gasteiger partial charge on any atom is 0.338 e. The van der Waals surface area contributed by atoms with Crippen molar-refractivity contribution < 1.29 is 35.1 Å². The highest BCUT2D eigenvalue weighted by atomic mass is 16.6. The van der Waals surface area contributed by atoms with Crippen molar-refractivity contribution in [2.45, 2.75) is 24.4 Å². The standard InChI is InChI=1S/C13H18O7/c14-6-9(16)11(17)12(18)10(7-15)20-13(19)8-4-2-1-3-5-8/h1-5,9-12,14-18H,6-7H2/t9-,10-,11-,12-/m1/s1. The maximum absolute atomic E-state index is 11.7. The zero-order valence-corrected chi connectivity index (χ0v) is 10.7. The van der Waals surface area contributed by atoms with Gasteiger partial charge in [0.15, 0.2) is 6.10 Å². The molecule has 0 saturated heterocycles. The van der Waals surface area contributed by atoms with E-state index in [-0.39, 0.29) is 5.56 Å². The number of esters is 1. The Balaban J connectivity index is 2.69. The minimum absolute atomic E-state index is 0.218. The van der Waals surface area contributed by atoms with Gasteiger partial charge in [0.05, 0.1) is 18.8 Å². The number of carbonyl (C=O) groups excluding carboxylic acids is 1. The van der Waals surface area contributed by atoms with Crippen LogP contribution in [0.5, 0.6) is 0 Å². The van der Waals surface area contributed by atoms with E-state index in [0.29, 0.717) is 0 Å². The molecule has 7 nitrogen and oxygen atoms in total. The normalized spacial score (nSPS) is 17.1. The Morgan fingerprint density at radius 1 is 1.00 bits per heavy atom. The molecule has 0 aliphatic heterocycles. The van der Waals surface area contributed by atoms with Crippen molar-refractivity contribution >= 4 is 5.97 Å². The molecule has 112 valence electrons. The van der Waals surface area contributed by atoms with Gasteiger partial charge in [-0.25, -0.2) is 4.79 Å². The predicted octanol–water partition coefficient (Wildman–Crippen LogP) is -1.72. The van der Waals surface area contributed by atoms with Crippen LogP contribution in [0.25, 0.3) is 0 Å². The lowest BCUT2D eigenvalue weighted by Crippen LogP contribution is -2.48. The van der Waals surface area contributed by atoms with Crippen LogP contribution in [0.1, 0.15) is 10.4 Å².